The van der Waals surface area contributed by atoms with Crippen LogP contribution in [0.5, 0.6) is 11.5 Å². The second kappa shape index (κ2) is 10.3. The third kappa shape index (κ3) is 6.11. The molecule has 0 radical (unpaired) electrons. The van der Waals surface area contributed by atoms with Gasteiger partial charge in [0.2, 0.25) is 0 Å². The third-order valence-corrected chi connectivity index (χ3v) is 5.73. The Morgan fingerprint density at radius 1 is 0.892 bits per heavy atom. The van der Waals surface area contributed by atoms with Gasteiger partial charge in [-0.1, -0.05) is 75.4 Å². The van der Waals surface area contributed by atoms with Gasteiger partial charge in [0, 0.05) is 6.42 Å². The first-order valence-corrected chi connectivity index (χ1v) is 11.4. The summed E-state index contributed by atoms with van der Waals surface area (Å²) < 4.78 is 46.8. The van der Waals surface area contributed by atoms with E-state index in [4.69, 9.17) is 10.5 Å². The van der Waals surface area contributed by atoms with E-state index >= 15 is 0 Å². The summed E-state index contributed by atoms with van der Waals surface area (Å²) in [6.45, 7) is 4.97. The van der Waals surface area contributed by atoms with Crippen molar-refractivity contribution in [2.45, 2.75) is 45.6 Å². The number of Topliss-reactive ketones (excluding diaryl/α,β-unsaturated/α-hetero) is 1. The summed E-state index contributed by atoms with van der Waals surface area (Å²) in [6.07, 6.45) is -5.03. The van der Waals surface area contributed by atoms with Gasteiger partial charge in [-0.3, -0.25) is 9.59 Å². The molecule has 1 unspecified atom stereocenters. The zero-order valence-corrected chi connectivity index (χ0v) is 20.6. The molecule has 4 N–H and O–H groups in total. The number of ether oxygens (including phenoxy) is 1. The SMILES string of the molecule is CC(C)(C)CC(=O)c1ccc(OCc2ccc(C(O)(C(N)=O)c3ccccc3)cc2)c(C(F)(F)F)c1O. The Morgan fingerprint density at radius 2 is 1.46 bits per heavy atom. The molecule has 0 saturated carbocycles. The van der Waals surface area contributed by atoms with Crippen molar-refractivity contribution in [3.8, 4) is 11.5 Å². The maximum Gasteiger partial charge on any atom is 0.423 e. The van der Waals surface area contributed by atoms with Gasteiger partial charge in [0.25, 0.3) is 5.91 Å². The van der Waals surface area contributed by atoms with E-state index in [-0.39, 0.29) is 24.2 Å². The number of alkyl halides is 3. The van der Waals surface area contributed by atoms with E-state index in [0.717, 1.165) is 12.1 Å². The lowest BCUT2D eigenvalue weighted by Crippen LogP contribution is -2.42. The number of rotatable bonds is 8. The molecule has 37 heavy (non-hydrogen) atoms. The van der Waals surface area contributed by atoms with E-state index in [2.05, 4.69) is 0 Å². The number of aromatic hydroxyl groups is 1. The minimum atomic E-state index is -4.98. The van der Waals surface area contributed by atoms with Crippen LogP contribution in [0.4, 0.5) is 13.2 Å². The van der Waals surface area contributed by atoms with Crippen molar-refractivity contribution in [2.75, 3.05) is 0 Å². The van der Waals surface area contributed by atoms with Crippen molar-refractivity contribution >= 4 is 11.7 Å². The summed E-state index contributed by atoms with van der Waals surface area (Å²) in [5.41, 5.74) is 1.89. The number of phenols is 1. The number of ketones is 1. The number of aliphatic hydroxyl groups is 1. The maximum absolute atomic E-state index is 13.8. The van der Waals surface area contributed by atoms with Crippen molar-refractivity contribution in [3.05, 3.63) is 94.5 Å². The number of benzene rings is 3. The van der Waals surface area contributed by atoms with E-state index in [1.165, 1.54) is 24.3 Å². The van der Waals surface area contributed by atoms with Crippen LogP contribution < -0.4 is 10.5 Å². The molecule has 0 spiro atoms. The highest BCUT2D eigenvalue weighted by Crippen LogP contribution is 2.44. The molecule has 0 heterocycles. The molecule has 1 atom stereocenters. The number of hydrogen-bond donors (Lipinski definition) is 3. The highest BCUT2D eigenvalue weighted by Gasteiger charge is 2.40. The molecule has 0 aliphatic heterocycles. The average molecular weight is 516 g/mol. The van der Waals surface area contributed by atoms with Gasteiger partial charge in [0.1, 0.15) is 23.7 Å². The summed E-state index contributed by atoms with van der Waals surface area (Å²) in [5.74, 6) is -3.42. The van der Waals surface area contributed by atoms with Crippen LogP contribution in [0.1, 0.15) is 59.8 Å². The lowest BCUT2D eigenvalue weighted by molar-refractivity contribution is -0.140. The molecule has 3 rings (SSSR count). The van der Waals surface area contributed by atoms with Gasteiger partial charge in [-0.2, -0.15) is 13.2 Å². The molecule has 0 saturated heterocycles. The van der Waals surface area contributed by atoms with E-state index in [9.17, 15) is 33.0 Å². The molecule has 3 aromatic rings. The first kappa shape index (κ1) is 27.7. The Kier molecular flexibility index (Phi) is 7.69. The van der Waals surface area contributed by atoms with E-state index in [1.807, 2.05) is 0 Å². The van der Waals surface area contributed by atoms with Gasteiger partial charge in [-0.05, 0) is 34.2 Å². The Bertz CT molecular complexity index is 1280. The fraction of sp³-hybridized carbons (Fsp3) is 0.286. The number of amides is 1. The van der Waals surface area contributed by atoms with Crippen molar-refractivity contribution < 1.29 is 37.7 Å². The standard InChI is InChI=1S/C28H28F3NO5/c1-26(2,3)15-21(33)20-13-14-22(23(24(20)34)28(29,30)31)37-16-17-9-11-19(12-10-17)27(36,25(32)35)18-7-5-4-6-8-18/h4-14,34,36H,15-16H2,1-3H3,(H2,32,35). The number of carbonyl (C=O) groups excluding carboxylic acids is 2. The van der Waals surface area contributed by atoms with Crippen LogP contribution in [-0.2, 0) is 23.2 Å². The molecule has 0 bridgehead atoms. The van der Waals surface area contributed by atoms with Gasteiger partial charge in [-0.15, -0.1) is 0 Å². The second-order valence-corrected chi connectivity index (χ2v) is 9.92. The minimum Gasteiger partial charge on any atom is -0.506 e. The number of phenolic OH excluding ortho intramolecular Hbond substituents is 1. The van der Waals surface area contributed by atoms with Crippen molar-refractivity contribution in [3.63, 3.8) is 0 Å². The van der Waals surface area contributed by atoms with Crippen molar-refractivity contribution in [1.29, 1.82) is 0 Å². The van der Waals surface area contributed by atoms with Gasteiger partial charge in [0.15, 0.2) is 11.4 Å². The molecule has 0 aliphatic rings. The van der Waals surface area contributed by atoms with Crippen LogP contribution in [0.3, 0.4) is 0 Å². The summed E-state index contributed by atoms with van der Waals surface area (Å²) in [7, 11) is 0. The minimum absolute atomic E-state index is 0.0506. The normalized spacial score (nSPS) is 13.6. The monoisotopic (exact) mass is 515 g/mol. The van der Waals surface area contributed by atoms with Crippen LogP contribution >= 0.6 is 0 Å². The van der Waals surface area contributed by atoms with Crippen molar-refractivity contribution in [2.24, 2.45) is 11.1 Å². The smallest absolute Gasteiger partial charge is 0.423 e. The fourth-order valence-corrected chi connectivity index (χ4v) is 3.90. The highest BCUT2D eigenvalue weighted by atomic mass is 19.4. The Labute approximate surface area is 212 Å². The Hall–Kier alpha value is -3.85. The second-order valence-electron chi connectivity index (χ2n) is 9.92. The van der Waals surface area contributed by atoms with Gasteiger partial charge >= 0.3 is 6.18 Å². The lowest BCUT2D eigenvalue weighted by Gasteiger charge is -2.26. The zero-order valence-electron chi connectivity index (χ0n) is 20.6. The van der Waals surface area contributed by atoms with E-state index in [1.54, 1.807) is 51.1 Å². The highest BCUT2D eigenvalue weighted by molar-refractivity contribution is 5.99. The summed E-state index contributed by atoms with van der Waals surface area (Å²) >= 11 is 0. The molecular weight excluding hydrogens is 487 g/mol. The van der Waals surface area contributed by atoms with Crippen LogP contribution in [0, 0.1) is 5.41 Å². The molecule has 0 fully saturated rings. The summed E-state index contributed by atoms with van der Waals surface area (Å²) in [4.78, 5) is 24.6. The molecule has 0 aromatic heterocycles. The zero-order chi connectivity index (χ0) is 27.6. The predicted molar refractivity (Wildman–Crippen MR) is 131 cm³/mol. The first-order valence-electron chi connectivity index (χ1n) is 11.4. The molecule has 196 valence electrons. The number of halogens is 3. The lowest BCUT2D eigenvalue weighted by atomic mass is 9.85. The molecule has 0 aliphatic carbocycles. The fourth-order valence-electron chi connectivity index (χ4n) is 3.90. The van der Waals surface area contributed by atoms with Crippen LogP contribution in [-0.4, -0.2) is 21.9 Å². The molecule has 9 heteroatoms. The molecule has 6 nitrogen and oxygen atoms in total. The number of hydrogen-bond acceptors (Lipinski definition) is 5. The van der Waals surface area contributed by atoms with E-state index < -0.39 is 51.5 Å². The van der Waals surface area contributed by atoms with E-state index in [0.29, 0.717) is 5.56 Å². The number of carbonyl (C=O) groups is 2. The summed E-state index contributed by atoms with van der Waals surface area (Å²) in [6, 6.07) is 16.0. The predicted octanol–water partition coefficient (Wildman–Crippen LogP) is 5.33. The largest absolute Gasteiger partial charge is 0.506 e. The quantitative estimate of drug-likeness (QED) is 0.351. The summed E-state index contributed by atoms with van der Waals surface area (Å²) in [5, 5.41) is 21.4. The van der Waals surface area contributed by atoms with Gasteiger partial charge in [-0.25, -0.2) is 0 Å². The Morgan fingerprint density at radius 3 is 1.97 bits per heavy atom. The average Bonchev–Trinajstić information content (AvgIpc) is 2.81. The van der Waals surface area contributed by atoms with Crippen LogP contribution in [0.2, 0.25) is 0 Å². The number of primary amides is 1. The van der Waals surface area contributed by atoms with Crippen LogP contribution in [0.15, 0.2) is 66.7 Å². The topological polar surface area (TPSA) is 110 Å². The molecular formula is C28H28F3NO5. The van der Waals surface area contributed by atoms with Crippen LogP contribution in [0.25, 0.3) is 0 Å². The Balaban J connectivity index is 1.87. The maximum atomic E-state index is 13.8. The van der Waals surface area contributed by atoms with Crippen molar-refractivity contribution in [1.82, 2.24) is 0 Å². The van der Waals surface area contributed by atoms with Gasteiger partial charge < -0.3 is 20.7 Å². The first-order chi connectivity index (χ1) is 17.1. The molecule has 3 aromatic carbocycles. The van der Waals surface area contributed by atoms with Gasteiger partial charge in [0.05, 0.1) is 5.56 Å². The number of nitrogens with two attached hydrogens (primary N) is 1. The molecule has 1 amide bonds. The third-order valence-electron chi connectivity index (χ3n) is 5.73.